The maximum Gasteiger partial charge on any atom is 0.341 e. The Labute approximate surface area is 178 Å². The zero-order valence-electron chi connectivity index (χ0n) is 16.9. The summed E-state index contributed by atoms with van der Waals surface area (Å²) in [5.41, 5.74) is 3.05. The molecule has 0 bridgehead atoms. The molecule has 1 aromatic heterocycles. The van der Waals surface area contributed by atoms with E-state index in [0.717, 1.165) is 16.6 Å². The molecule has 3 aromatic carbocycles. The van der Waals surface area contributed by atoms with Crippen LogP contribution < -0.4 is 5.62 Å². The van der Waals surface area contributed by atoms with Crippen LogP contribution in [0.25, 0.3) is 11.0 Å². The first-order valence-electron chi connectivity index (χ1n) is 9.70. The first-order chi connectivity index (χ1) is 15.0. The topological polar surface area (TPSA) is 97.3 Å². The van der Waals surface area contributed by atoms with Crippen molar-refractivity contribution in [1.82, 2.24) is 9.13 Å². The van der Waals surface area contributed by atoms with Crippen LogP contribution in [0.2, 0.25) is 0 Å². The molecule has 7 nitrogen and oxygen atoms in total. The molecule has 0 saturated carbocycles. The number of carbonyl (C=O) groups is 2. The van der Waals surface area contributed by atoms with Crippen LogP contribution in [-0.4, -0.2) is 33.1 Å². The standard InChI is InChI=1S/C24H21N3O4/c1-31-23(30)18-13-17(11-12-21(18)28)22(29)15-27-20-10-6-5-9-19(20)26(24(27)25)14-16-7-3-2-4-8-16/h2-13,25,28H,14-15H2,1H3. The lowest BCUT2D eigenvalue weighted by atomic mass is 10.1. The molecule has 156 valence electrons. The summed E-state index contributed by atoms with van der Waals surface area (Å²) in [6.45, 7) is 0.430. The predicted octanol–water partition coefficient (Wildman–Crippen LogP) is 3.35. The average molecular weight is 415 g/mol. The predicted molar refractivity (Wildman–Crippen MR) is 115 cm³/mol. The number of aromatic hydroxyl groups is 1. The maximum absolute atomic E-state index is 13.0. The second-order valence-corrected chi connectivity index (χ2v) is 7.12. The fourth-order valence-corrected chi connectivity index (χ4v) is 3.60. The van der Waals surface area contributed by atoms with Gasteiger partial charge in [0.25, 0.3) is 0 Å². The molecular formula is C24H21N3O4. The van der Waals surface area contributed by atoms with Crippen molar-refractivity contribution in [1.29, 1.82) is 5.41 Å². The zero-order valence-corrected chi connectivity index (χ0v) is 16.9. The number of rotatable bonds is 6. The normalized spacial score (nSPS) is 10.9. The Morgan fingerprint density at radius 1 is 0.935 bits per heavy atom. The number of imidazole rings is 1. The van der Waals surface area contributed by atoms with E-state index in [1.165, 1.54) is 25.3 Å². The van der Waals surface area contributed by atoms with E-state index in [1.54, 1.807) is 4.57 Å². The van der Waals surface area contributed by atoms with Gasteiger partial charge in [0.2, 0.25) is 5.62 Å². The highest BCUT2D eigenvalue weighted by Crippen LogP contribution is 2.21. The van der Waals surface area contributed by atoms with Crippen molar-refractivity contribution in [3.63, 3.8) is 0 Å². The number of nitrogens with one attached hydrogen (secondary N) is 1. The Morgan fingerprint density at radius 2 is 1.58 bits per heavy atom. The summed E-state index contributed by atoms with van der Waals surface area (Å²) in [6, 6.07) is 21.5. The number of ketones is 1. The number of aromatic nitrogens is 2. The van der Waals surface area contributed by atoms with Gasteiger partial charge in [-0.2, -0.15) is 0 Å². The van der Waals surface area contributed by atoms with Gasteiger partial charge in [-0.1, -0.05) is 42.5 Å². The number of hydrogen-bond acceptors (Lipinski definition) is 5. The molecule has 7 heteroatoms. The molecule has 0 atom stereocenters. The summed E-state index contributed by atoms with van der Waals surface area (Å²) < 4.78 is 8.16. The van der Waals surface area contributed by atoms with Crippen molar-refractivity contribution >= 4 is 22.8 Å². The lowest BCUT2D eigenvalue weighted by Crippen LogP contribution is -2.27. The number of para-hydroxylation sites is 2. The van der Waals surface area contributed by atoms with E-state index < -0.39 is 5.97 Å². The molecule has 4 aromatic rings. The summed E-state index contributed by atoms with van der Waals surface area (Å²) in [4.78, 5) is 24.8. The van der Waals surface area contributed by atoms with Gasteiger partial charge < -0.3 is 19.0 Å². The van der Waals surface area contributed by atoms with Gasteiger partial charge in [0.05, 0.1) is 31.2 Å². The Balaban J connectivity index is 1.72. The lowest BCUT2D eigenvalue weighted by molar-refractivity contribution is 0.0597. The highest BCUT2D eigenvalue weighted by Gasteiger charge is 2.18. The Hall–Kier alpha value is -4.13. The third-order valence-corrected chi connectivity index (χ3v) is 5.18. The van der Waals surface area contributed by atoms with Crippen LogP contribution in [0.15, 0.2) is 72.8 Å². The molecule has 0 unspecified atom stereocenters. The highest BCUT2D eigenvalue weighted by molar-refractivity contribution is 6.00. The van der Waals surface area contributed by atoms with Crippen molar-refractivity contribution < 1.29 is 19.4 Å². The highest BCUT2D eigenvalue weighted by atomic mass is 16.5. The third kappa shape index (κ3) is 3.85. The quantitative estimate of drug-likeness (QED) is 0.373. The van der Waals surface area contributed by atoms with Crippen LogP contribution in [0.1, 0.15) is 26.3 Å². The molecule has 0 spiro atoms. The van der Waals surface area contributed by atoms with Crippen molar-refractivity contribution in [2.24, 2.45) is 0 Å². The van der Waals surface area contributed by atoms with Crippen LogP contribution in [-0.2, 0) is 17.8 Å². The number of esters is 1. The van der Waals surface area contributed by atoms with Gasteiger partial charge >= 0.3 is 5.97 Å². The monoisotopic (exact) mass is 415 g/mol. The maximum atomic E-state index is 13.0. The van der Waals surface area contributed by atoms with Crippen molar-refractivity contribution in [3.8, 4) is 5.75 Å². The van der Waals surface area contributed by atoms with E-state index in [9.17, 15) is 14.7 Å². The van der Waals surface area contributed by atoms with Gasteiger partial charge in [-0.05, 0) is 35.9 Å². The molecular weight excluding hydrogens is 394 g/mol. The van der Waals surface area contributed by atoms with Crippen LogP contribution in [0, 0.1) is 5.41 Å². The smallest absolute Gasteiger partial charge is 0.341 e. The van der Waals surface area contributed by atoms with E-state index >= 15 is 0 Å². The Bertz CT molecular complexity index is 1340. The molecule has 0 aliphatic rings. The molecule has 0 amide bonds. The molecule has 2 N–H and O–H groups in total. The summed E-state index contributed by atoms with van der Waals surface area (Å²) in [5, 5.41) is 18.6. The first kappa shape index (κ1) is 20.2. The van der Waals surface area contributed by atoms with E-state index in [2.05, 4.69) is 4.74 Å². The van der Waals surface area contributed by atoms with Gasteiger partial charge in [-0.3, -0.25) is 10.2 Å². The van der Waals surface area contributed by atoms with Crippen LogP contribution in [0.5, 0.6) is 5.75 Å². The first-order valence-corrected chi connectivity index (χ1v) is 9.70. The summed E-state index contributed by atoms with van der Waals surface area (Å²) in [6.07, 6.45) is 0. The van der Waals surface area contributed by atoms with Gasteiger partial charge in [-0.25, -0.2) is 4.79 Å². The van der Waals surface area contributed by atoms with E-state index in [-0.39, 0.29) is 34.8 Å². The van der Waals surface area contributed by atoms with Crippen LogP contribution in [0.3, 0.4) is 0 Å². The second kappa shape index (κ2) is 8.31. The van der Waals surface area contributed by atoms with Crippen LogP contribution >= 0.6 is 0 Å². The fraction of sp³-hybridized carbons (Fsp3) is 0.125. The number of nitrogens with zero attached hydrogens (tertiary/aromatic N) is 2. The minimum absolute atomic E-state index is 0.0732. The number of methoxy groups -OCH3 is 1. The molecule has 0 saturated heterocycles. The number of Topliss-reactive ketones (excluding diaryl/α,β-unsaturated/α-hetero) is 1. The zero-order chi connectivity index (χ0) is 22.0. The molecule has 31 heavy (non-hydrogen) atoms. The fourth-order valence-electron chi connectivity index (χ4n) is 3.60. The van der Waals surface area contributed by atoms with Gasteiger partial charge in [0.15, 0.2) is 5.78 Å². The van der Waals surface area contributed by atoms with Gasteiger partial charge in [-0.15, -0.1) is 0 Å². The number of hydrogen-bond donors (Lipinski definition) is 2. The number of phenols is 1. The molecule has 0 fully saturated rings. The Kier molecular flexibility index (Phi) is 5.41. The number of ether oxygens (including phenoxy) is 1. The SMILES string of the molecule is COC(=O)c1cc(C(=O)Cn2c(=N)n(Cc3ccccc3)c3ccccc32)ccc1O. The van der Waals surface area contributed by atoms with E-state index in [0.29, 0.717) is 6.54 Å². The molecule has 1 heterocycles. The number of phenolic OH excluding ortho intramolecular Hbond substituents is 1. The molecule has 0 aliphatic heterocycles. The minimum atomic E-state index is -0.722. The molecule has 4 rings (SSSR count). The summed E-state index contributed by atoms with van der Waals surface area (Å²) in [7, 11) is 1.21. The van der Waals surface area contributed by atoms with Gasteiger partial charge in [0.1, 0.15) is 11.3 Å². The Morgan fingerprint density at radius 3 is 2.26 bits per heavy atom. The second-order valence-electron chi connectivity index (χ2n) is 7.12. The van der Waals surface area contributed by atoms with E-state index in [1.807, 2.05) is 59.2 Å². The van der Waals surface area contributed by atoms with Gasteiger partial charge in [0, 0.05) is 5.56 Å². The number of fused-ring (bicyclic) bond motifs is 1. The lowest BCUT2D eigenvalue weighted by Gasteiger charge is -2.07. The van der Waals surface area contributed by atoms with Crippen molar-refractivity contribution in [3.05, 3.63) is 95.1 Å². The van der Waals surface area contributed by atoms with E-state index in [4.69, 9.17) is 5.41 Å². The molecule has 0 radical (unpaired) electrons. The molecule has 0 aliphatic carbocycles. The summed E-state index contributed by atoms with van der Waals surface area (Å²) in [5.74, 6) is -1.26. The van der Waals surface area contributed by atoms with Crippen LogP contribution in [0.4, 0.5) is 0 Å². The van der Waals surface area contributed by atoms with Crippen molar-refractivity contribution in [2.45, 2.75) is 13.1 Å². The minimum Gasteiger partial charge on any atom is -0.507 e. The average Bonchev–Trinajstić information content (AvgIpc) is 3.05. The largest absolute Gasteiger partial charge is 0.507 e. The summed E-state index contributed by atoms with van der Waals surface area (Å²) >= 11 is 0. The number of benzene rings is 3. The number of carbonyl (C=O) groups excluding carboxylic acids is 2. The van der Waals surface area contributed by atoms with Crippen molar-refractivity contribution in [2.75, 3.05) is 7.11 Å². The third-order valence-electron chi connectivity index (χ3n) is 5.18.